The molecule has 1 aromatic carbocycles. The van der Waals surface area contributed by atoms with Gasteiger partial charge in [-0.25, -0.2) is 4.79 Å². The van der Waals surface area contributed by atoms with Gasteiger partial charge in [0.1, 0.15) is 0 Å². The second-order valence-corrected chi connectivity index (χ2v) is 5.62. The number of carboxylic acid groups (broad SMARTS) is 1. The van der Waals surface area contributed by atoms with Gasteiger partial charge >= 0.3 is 5.97 Å². The molecule has 5 heteroatoms. The fraction of sp³-hybridized carbons (Fsp3) is 0.438. The Labute approximate surface area is 131 Å². The minimum atomic E-state index is -0.975. The molecule has 0 heterocycles. The van der Waals surface area contributed by atoms with Gasteiger partial charge in [0.25, 0.3) is 0 Å². The molecule has 0 aliphatic rings. The van der Waals surface area contributed by atoms with Crippen LogP contribution >= 0.6 is 11.6 Å². The molecule has 0 aliphatic heterocycles. The molecule has 0 aliphatic carbocycles. The Morgan fingerprint density at radius 1 is 1.48 bits per heavy atom. The fourth-order valence-corrected chi connectivity index (χ4v) is 2.31. The van der Waals surface area contributed by atoms with Crippen molar-refractivity contribution in [3.63, 3.8) is 0 Å². The lowest BCUT2D eigenvalue weighted by Gasteiger charge is -2.27. The van der Waals surface area contributed by atoms with Crippen LogP contribution in [0.1, 0.15) is 19.4 Å². The summed E-state index contributed by atoms with van der Waals surface area (Å²) in [6, 6.07) is 5.55. The molecule has 0 atom stereocenters. The monoisotopic (exact) mass is 311 g/mol. The maximum atomic E-state index is 10.5. The summed E-state index contributed by atoms with van der Waals surface area (Å²) in [5, 5.41) is 9.25. The molecular weight excluding hydrogens is 290 g/mol. The highest BCUT2D eigenvalue weighted by atomic mass is 35.5. The van der Waals surface area contributed by atoms with Crippen LogP contribution in [-0.4, -0.2) is 37.9 Å². The van der Waals surface area contributed by atoms with Crippen molar-refractivity contribution < 1.29 is 14.6 Å². The summed E-state index contributed by atoms with van der Waals surface area (Å²) >= 11 is 6.34. The van der Waals surface area contributed by atoms with E-state index >= 15 is 0 Å². The maximum absolute atomic E-state index is 10.5. The number of carboxylic acids is 1. The van der Waals surface area contributed by atoms with Crippen molar-refractivity contribution in [1.29, 1.82) is 0 Å². The molecule has 0 unspecified atom stereocenters. The van der Waals surface area contributed by atoms with Crippen LogP contribution in [0.5, 0.6) is 0 Å². The van der Waals surface area contributed by atoms with E-state index in [4.69, 9.17) is 21.4 Å². The number of ether oxygens (including phenoxy) is 1. The summed E-state index contributed by atoms with van der Waals surface area (Å²) in [5.74, 6) is -0.471. The van der Waals surface area contributed by atoms with Crippen LogP contribution in [-0.2, 0) is 9.53 Å². The van der Waals surface area contributed by atoms with Crippen molar-refractivity contribution in [2.45, 2.75) is 13.8 Å². The van der Waals surface area contributed by atoms with Gasteiger partial charge in [0.05, 0.1) is 17.3 Å². The summed E-state index contributed by atoms with van der Waals surface area (Å²) in [7, 11) is 1.68. The number of carbonyl (C=O) groups is 1. The summed E-state index contributed by atoms with van der Waals surface area (Å²) < 4.78 is 5.14. The van der Waals surface area contributed by atoms with Crippen LogP contribution in [0.25, 0.3) is 6.08 Å². The predicted octanol–water partition coefficient (Wildman–Crippen LogP) is 3.55. The normalized spacial score (nSPS) is 11.3. The lowest BCUT2D eigenvalue weighted by molar-refractivity contribution is -0.131. The topological polar surface area (TPSA) is 49.8 Å². The number of nitrogens with zero attached hydrogens (tertiary/aromatic N) is 1. The van der Waals surface area contributed by atoms with E-state index in [2.05, 4.69) is 18.7 Å². The zero-order chi connectivity index (χ0) is 15.8. The summed E-state index contributed by atoms with van der Waals surface area (Å²) in [4.78, 5) is 12.7. The van der Waals surface area contributed by atoms with Crippen molar-refractivity contribution in [2.75, 3.05) is 31.7 Å². The molecule has 1 N–H and O–H groups in total. The molecule has 0 aromatic heterocycles. The fourth-order valence-electron chi connectivity index (χ4n) is 2.00. The molecule has 4 nitrogen and oxygen atoms in total. The highest BCUT2D eigenvalue weighted by molar-refractivity contribution is 6.33. The van der Waals surface area contributed by atoms with Crippen molar-refractivity contribution in [2.24, 2.45) is 5.92 Å². The Bertz CT molecular complexity index is 500. The van der Waals surface area contributed by atoms with Crippen LogP contribution in [0.4, 0.5) is 5.69 Å². The lowest BCUT2D eigenvalue weighted by atomic mass is 10.1. The van der Waals surface area contributed by atoms with Crippen LogP contribution in [0.3, 0.4) is 0 Å². The van der Waals surface area contributed by atoms with E-state index in [1.807, 2.05) is 12.1 Å². The van der Waals surface area contributed by atoms with E-state index in [9.17, 15) is 4.79 Å². The Morgan fingerprint density at radius 2 is 2.19 bits per heavy atom. The SMILES string of the molecule is COCCN(CC(C)C)c1ccc(/C=C/C(=O)O)cc1Cl. The van der Waals surface area contributed by atoms with Gasteiger partial charge in [-0.3, -0.25) is 0 Å². The standard InChI is InChI=1S/C16H22ClNO3/c1-12(2)11-18(8-9-21-3)15-6-4-13(10-14(15)17)5-7-16(19)20/h4-7,10,12H,8-9,11H2,1-3H3,(H,19,20)/b7-5+. The largest absolute Gasteiger partial charge is 0.478 e. The first-order chi connectivity index (χ1) is 9.93. The van der Waals surface area contributed by atoms with Crippen LogP contribution in [0, 0.1) is 5.92 Å². The molecule has 1 aromatic rings. The first-order valence-corrected chi connectivity index (χ1v) is 7.26. The summed E-state index contributed by atoms with van der Waals surface area (Å²) in [6.07, 6.45) is 2.63. The first kappa shape index (κ1) is 17.5. The molecule has 0 fully saturated rings. The van der Waals surface area contributed by atoms with Crippen LogP contribution in [0.15, 0.2) is 24.3 Å². The lowest BCUT2D eigenvalue weighted by Crippen LogP contribution is -2.31. The third-order valence-corrected chi connectivity index (χ3v) is 3.18. The molecule has 0 saturated carbocycles. The summed E-state index contributed by atoms with van der Waals surface area (Å²) in [6.45, 7) is 6.57. The van der Waals surface area contributed by atoms with E-state index in [0.29, 0.717) is 17.5 Å². The van der Waals surface area contributed by atoms with Gasteiger partial charge in [0.15, 0.2) is 0 Å². The molecule has 0 amide bonds. The number of rotatable bonds is 8. The van der Waals surface area contributed by atoms with E-state index in [1.165, 1.54) is 6.08 Å². The Balaban J connectivity index is 2.95. The molecule has 0 bridgehead atoms. The molecule has 0 spiro atoms. The van der Waals surface area contributed by atoms with Crippen LogP contribution < -0.4 is 4.90 Å². The number of hydrogen-bond donors (Lipinski definition) is 1. The van der Waals surface area contributed by atoms with Gasteiger partial charge in [-0.2, -0.15) is 0 Å². The van der Waals surface area contributed by atoms with Gasteiger partial charge in [-0.05, 0) is 29.7 Å². The van der Waals surface area contributed by atoms with Crippen LogP contribution in [0.2, 0.25) is 5.02 Å². The van der Waals surface area contributed by atoms with Crippen molar-refractivity contribution in [1.82, 2.24) is 0 Å². The average Bonchev–Trinajstić information content (AvgIpc) is 2.41. The molecule has 21 heavy (non-hydrogen) atoms. The maximum Gasteiger partial charge on any atom is 0.328 e. The highest BCUT2D eigenvalue weighted by Crippen LogP contribution is 2.28. The van der Waals surface area contributed by atoms with E-state index in [1.54, 1.807) is 13.2 Å². The molecule has 0 radical (unpaired) electrons. The number of hydrogen-bond acceptors (Lipinski definition) is 3. The molecule has 1 rings (SSSR count). The van der Waals surface area contributed by atoms with Crippen molar-refractivity contribution in [3.8, 4) is 0 Å². The molecule has 116 valence electrons. The average molecular weight is 312 g/mol. The van der Waals surface area contributed by atoms with E-state index in [-0.39, 0.29) is 0 Å². The van der Waals surface area contributed by atoms with Crippen molar-refractivity contribution >= 4 is 29.3 Å². The zero-order valence-electron chi connectivity index (χ0n) is 12.7. The minimum Gasteiger partial charge on any atom is -0.478 e. The smallest absolute Gasteiger partial charge is 0.328 e. The Hall–Kier alpha value is -1.52. The summed E-state index contributed by atoms with van der Waals surface area (Å²) in [5.41, 5.74) is 1.71. The number of anilines is 1. The zero-order valence-corrected chi connectivity index (χ0v) is 13.4. The number of benzene rings is 1. The van der Waals surface area contributed by atoms with Crippen molar-refractivity contribution in [3.05, 3.63) is 34.9 Å². The molecule has 0 saturated heterocycles. The van der Waals surface area contributed by atoms with Gasteiger partial charge in [-0.15, -0.1) is 0 Å². The molecular formula is C16H22ClNO3. The van der Waals surface area contributed by atoms with Gasteiger partial charge < -0.3 is 14.7 Å². The third-order valence-electron chi connectivity index (χ3n) is 2.88. The minimum absolute atomic E-state index is 0.504. The van der Waals surface area contributed by atoms with Gasteiger partial charge in [0, 0.05) is 26.3 Å². The van der Waals surface area contributed by atoms with Gasteiger partial charge in [-0.1, -0.05) is 31.5 Å². The second kappa shape index (κ2) is 8.70. The second-order valence-electron chi connectivity index (χ2n) is 5.22. The van der Waals surface area contributed by atoms with Gasteiger partial charge in [0.2, 0.25) is 0 Å². The predicted molar refractivity (Wildman–Crippen MR) is 87.0 cm³/mol. The number of halogens is 1. The highest BCUT2D eigenvalue weighted by Gasteiger charge is 2.12. The third kappa shape index (κ3) is 6.19. The Morgan fingerprint density at radius 3 is 2.71 bits per heavy atom. The number of methoxy groups -OCH3 is 1. The number of aliphatic carboxylic acids is 1. The van der Waals surface area contributed by atoms with E-state index in [0.717, 1.165) is 30.4 Å². The quantitative estimate of drug-likeness (QED) is 0.746. The van der Waals surface area contributed by atoms with E-state index < -0.39 is 5.97 Å². The first-order valence-electron chi connectivity index (χ1n) is 6.88. The Kier molecular flexibility index (Phi) is 7.26.